The second-order valence-corrected chi connectivity index (χ2v) is 5.76. The molecule has 4 heteroatoms. The number of hydrogen-bond acceptors (Lipinski definition) is 3. The number of aliphatic hydroxyl groups is 1. The van der Waals surface area contributed by atoms with Crippen LogP contribution in [0.1, 0.15) is 12.0 Å². The Kier molecular flexibility index (Phi) is 4.93. The molecule has 0 saturated carbocycles. The van der Waals surface area contributed by atoms with Crippen molar-refractivity contribution < 1.29 is 9.90 Å². The summed E-state index contributed by atoms with van der Waals surface area (Å²) in [4.78, 5) is 16.6. The van der Waals surface area contributed by atoms with Gasteiger partial charge in [-0.05, 0) is 36.6 Å². The first kappa shape index (κ1) is 15.6. The van der Waals surface area contributed by atoms with E-state index >= 15 is 0 Å². The maximum atomic E-state index is 12.8. The molecular formula is C19H22N2O2. The average Bonchev–Trinajstić information content (AvgIpc) is 2.61. The lowest BCUT2D eigenvalue weighted by atomic mass is 10.0. The lowest BCUT2D eigenvalue weighted by molar-refractivity contribution is -0.117. The third-order valence-electron chi connectivity index (χ3n) is 4.23. The van der Waals surface area contributed by atoms with Gasteiger partial charge in [0.05, 0.1) is 13.2 Å². The first-order valence-corrected chi connectivity index (χ1v) is 8.08. The van der Waals surface area contributed by atoms with Crippen LogP contribution in [0.3, 0.4) is 0 Å². The zero-order chi connectivity index (χ0) is 16.1. The largest absolute Gasteiger partial charge is 0.395 e. The molecular weight excluding hydrogens is 288 g/mol. The Morgan fingerprint density at radius 3 is 2.61 bits per heavy atom. The maximum Gasteiger partial charge on any atom is 0.246 e. The monoisotopic (exact) mass is 310 g/mol. The van der Waals surface area contributed by atoms with Gasteiger partial charge in [-0.1, -0.05) is 36.4 Å². The van der Waals surface area contributed by atoms with E-state index in [4.69, 9.17) is 0 Å². The van der Waals surface area contributed by atoms with Crippen LogP contribution in [0.25, 0.3) is 0 Å². The molecule has 0 aliphatic carbocycles. The van der Waals surface area contributed by atoms with Crippen LogP contribution < -0.4 is 9.80 Å². The van der Waals surface area contributed by atoms with Gasteiger partial charge in [-0.3, -0.25) is 4.79 Å². The SMILES string of the molecule is O=C(CN(CCO)c1ccccc1)N1CCCc2ccccc21. The minimum Gasteiger partial charge on any atom is -0.395 e. The minimum absolute atomic E-state index is 0.0265. The summed E-state index contributed by atoms with van der Waals surface area (Å²) in [5, 5.41) is 9.31. The predicted molar refractivity (Wildman–Crippen MR) is 92.9 cm³/mol. The fraction of sp³-hybridized carbons (Fsp3) is 0.316. The molecule has 0 unspecified atom stereocenters. The van der Waals surface area contributed by atoms with Crippen LogP contribution in [0.4, 0.5) is 11.4 Å². The molecule has 1 aliphatic rings. The number of hydrogen-bond donors (Lipinski definition) is 1. The highest BCUT2D eigenvalue weighted by atomic mass is 16.3. The van der Waals surface area contributed by atoms with E-state index in [9.17, 15) is 9.90 Å². The van der Waals surface area contributed by atoms with E-state index in [1.54, 1.807) is 0 Å². The highest BCUT2D eigenvalue weighted by Gasteiger charge is 2.23. The number of nitrogens with zero attached hydrogens (tertiary/aromatic N) is 2. The fourth-order valence-corrected chi connectivity index (χ4v) is 3.10. The van der Waals surface area contributed by atoms with Crippen molar-refractivity contribution in [2.45, 2.75) is 12.8 Å². The van der Waals surface area contributed by atoms with Crippen molar-refractivity contribution >= 4 is 17.3 Å². The number of rotatable bonds is 5. The molecule has 0 spiro atoms. The summed E-state index contributed by atoms with van der Waals surface area (Å²) in [5.74, 6) is 0.0782. The van der Waals surface area contributed by atoms with Gasteiger partial charge in [0.1, 0.15) is 0 Å². The van der Waals surface area contributed by atoms with Gasteiger partial charge in [-0.25, -0.2) is 0 Å². The van der Waals surface area contributed by atoms with Crippen molar-refractivity contribution in [2.24, 2.45) is 0 Å². The highest BCUT2D eigenvalue weighted by Crippen LogP contribution is 2.27. The Morgan fingerprint density at radius 1 is 1.09 bits per heavy atom. The van der Waals surface area contributed by atoms with E-state index in [0.717, 1.165) is 30.8 Å². The number of carbonyl (C=O) groups is 1. The zero-order valence-electron chi connectivity index (χ0n) is 13.2. The molecule has 0 radical (unpaired) electrons. The van der Waals surface area contributed by atoms with Gasteiger partial charge >= 0.3 is 0 Å². The molecule has 1 amide bonds. The molecule has 0 fully saturated rings. The average molecular weight is 310 g/mol. The molecule has 3 rings (SSSR count). The van der Waals surface area contributed by atoms with Crippen LogP contribution in [0.15, 0.2) is 54.6 Å². The third kappa shape index (κ3) is 3.54. The number of carbonyl (C=O) groups excluding carboxylic acids is 1. The summed E-state index contributed by atoms with van der Waals surface area (Å²) < 4.78 is 0. The predicted octanol–water partition coefficient (Wildman–Crippen LogP) is 2.46. The number of aryl methyl sites for hydroxylation is 1. The molecule has 1 heterocycles. The highest BCUT2D eigenvalue weighted by molar-refractivity contribution is 5.97. The number of benzene rings is 2. The van der Waals surface area contributed by atoms with Crippen LogP contribution in [-0.4, -0.2) is 37.3 Å². The fourth-order valence-electron chi connectivity index (χ4n) is 3.10. The number of amides is 1. The molecule has 1 aliphatic heterocycles. The smallest absolute Gasteiger partial charge is 0.246 e. The lowest BCUT2D eigenvalue weighted by Gasteiger charge is -2.32. The summed E-state index contributed by atoms with van der Waals surface area (Å²) >= 11 is 0. The van der Waals surface area contributed by atoms with Gasteiger partial charge in [0, 0.05) is 24.5 Å². The summed E-state index contributed by atoms with van der Waals surface area (Å²) in [6, 6.07) is 17.9. The Morgan fingerprint density at radius 2 is 1.83 bits per heavy atom. The normalized spacial score (nSPS) is 13.5. The third-order valence-corrected chi connectivity index (χ3v) is 4.23. The van der Waals surface area contributed by atoms with E-state index in [2.05, 4.69) is 6.07 Å². The maximum absolute atomic E-state index is 12.8. The van der Waals surface area contributed by atoms with Crippen LogP contribution >= 0.6 is 0 Å². The van der Waals surface area contributed by atoms with Crippen molar-refractivity contribution in [3.8, 4) is 0 Å². The molecule has 23 heavy (non-hydrogen) atoms. The standard InChI is InChI=1S/C19H22N2O2/c22-14-13-20(17-9-2-1-3-10-17)15-19(23)21-12-6-8-16-7-4-5-11-18(16)21/h1-5,7,9-11,22H,6,8,12-15H2. The molecule has 2 aromatic rings. The van der Waals surface area contributed by atoms with Gasteiger partial charge in [0.2, 0.25) is 5.91 Å². The van der Waals surface area contributed by atoms with Crippen molar-refractivity contribution in [3.05, 3.63) is 60.2 Å². The number of anilines is 2. The molecule has 2 aromatic carbocycles. The number of aliphatic hydroxyl groups excluding tert-OH is 1. The molecule has 120 valence electrons. The van der Waals surface area contributed by atoms with Gasteiger partial charge < -0.3 is 14.9 Å². The van der Waals surface area contributed by atoms with Crippen LogP contribution in [0, 0.1) is 0 Å². The molecule has 0 aromatic heterocycles. The topological polar surface area (TPSA) is 43.8 Å². The zero-order valence-corrected chi connectivity index (χ0v) is 13.2. The van der Waals surface area contributed by atoms with E-state index in [1.807, 2.05) is 58.3 Å². The lowest BCUT2D eigenvalue weighted by Crippen LogP contribution is -2.43. The molecule has 0 atom stereocenters. The quantitative estimate of drug-likeness (QED) is 0.922. The van der Waals surface area contributed by atoms with Crippen molar-refractivity contribution in [1.29, 1.82) is 0 Å². The number of fused-ring (bicyclic) bond motifs is 1. The van der Waals surface area contributed by atoms with Gasteiger partial charge in [0.15, 0.2) is 0 Å². The van der Waals surface area contributed by atoms with Gasteiger partial charge in [-0.2, -0.15) is 0 Å². The first-order chi connectivity index (χ1) is 11.3. The van der Waals surface area contributed by atoms with E-state index in [0.29, 0.717) is 6.54 Å². The summed E-state index contributed by atoms with van der Waals surface area (Å²) in [6.07, 6.45) is 2.02. The minimum atomic E-state index is 0.0265. The first-order valence-electron chi connectivity index (χ1n) is 8.08. The van der Waals surface area contributed by atoms with E-state index in [1.165, 1.54) is 5.56 Å². The van der Waals surface area contributed by atoms with Crippen LogP contribution in [0.2, 0.25) is 0 Å². The summed E-state index contributed by atoms with van der Waals surface area (Å²) in [6.45, 7) is 1.51. The van der Waals surface area contributed by atoms with E-state index < -0.39 is 0 Å². The Balaban J connectivity index is 1.78. The Hall–Kier alpha value is -2.33. The Bertz CT molecular complexity index is 657. The summed E-state index contributed by atoms with van der Waals surface area (Å²) in [5.41, 5.74) is 3.22. The van der Waals surface area contributed by atoms with Crippen molar-refractivity contribution in [1.82, 2.24) is 0 Å². The molecule has 0 bridgehead atoms. The second kappa shape index (κ2) is 7.29. The molecule has 4 nitrogen and oxygen atoms in total. The molecule has 1 N–H and O–H groups in total. The van der Waals surface area contributed by atoms with Crippen molar-refractivity contribution in [3.63, 3.8) is 0 Å². The van der Waals surface area contributed by atoms with Crippen LogP contribution in [0.5, 0.6) is 0 Å². The second-order valence-electron chi connectivity index (χ2n) is 5.76. The van der Waals surface area contributed by atoms with Gasteiger partial charge in [-0.15, -0.1) is 0 Å². The number of para-hydroxylation sites is 2. The summed E-state index contributed by atoms with van der Waals surface area (Å²) in [7, 11) is 0. The molecule has 0 saturated heterocycles. The van der Waals surface area contributed by atoms with Gasteiger partial charge in [0.25, 0.3) is 0 Å². The van der Waals surface area contributed by atoms with Crippen LogP contribution in [-0.2, 0) is 11.2 Å². The Labute approximate surface area is 137 Å². The van der Waals surface area contributed by atoms with Crippen molar-refractivity contribution in [2.75, 3.05) is 36.0 Å². The van der Waals surface area contributed by atoms with E-state index in [-0.39, 0.29) is 19.1 Å².